The number of carbonyl (C=O) groups excluding carboxylic acids is 1. The molecule has 5 rings (SSSR count). The first-order chi connectivity index (χ1) is 13.1. The number of carbonyl (C=O) groups is 1. The topological polar surface area (TPSA) is 29.5 Å². The monoisotopic (exact) mass is 385 g/mol. The lowest BCUT2D eigenvalue weighted by molar-refractivity contribution is -0.146. The Hall–Kier alpha value is -0.830. The number of hydrogen-bond donors (Lipinski definition) is 0. The van der Waals surface area contributed by atoms with Crippen LogP contribution in [0.2, 0.25) is 0 Å². The lowest BCUT2D eigenvalue weighted by Crippen LogP contribution is -2.46. The molecule has 2 bridgehead atoms. The number of rotatable bonds is 2. The van der Waals surface area contributed by atoms with E-state index in [2.05, 4.69) is 39.2 Å². The maximum atomic E-state index is 12.9. The summed E-state index contributed by atoms with van der Waals surface area (Å²) in [5.74, 6) is 1.17. The van der Waals surface area contributed by atoms with E-state index in [0.717, 1.165) is 25.9 Å². The van der Waals surface area contributed by atoms with Crippen molar-refractivity contribution in [3.05, 3.63) is 12.2 Å². The van der Waals surface area contributed by atoms with E-state index >= 15 is 0 Å². The molecule has 0 amide bonds. The molecule has 0 N–H and O–H groups in total. The Kier molecular flexibility index (Phi) is 4.17. The Morgan fingerprint density at radius 3 is 2.75 bits per heavy atom. The van der Waals surface area contributed by atoms with Gasteiger partial charge in [-0.05, 0) is 73.5 Å². The summed E-state index contributed by atoms with van der Waals surface area (Å²) in [5, 5.41) is 0. The lowest BCUT2D eigenvalue weighted by Gasteiger charge is -2.50. The van der Waals surface area contributed by atoms with Gasteiger partial charge in [0.2, 0.25) is 0 Å². The molecule has 3 aliphatic carbocycles. The van der Waals surface area contributed by atoms with Gasteiger partial charge in [0.25, 0.3) is 0 Å². The van der Waals surface area contributed by atoms with Crippen LogP contribution in [0.4, 0.5) is 0 Å². The zero-order chi connectivity index (χ0) is 19.9. The summed E-state index contributed by atoms with van der Waals surface area (Å²) in [7, 11) is 0. The molecule has 2 aliphatic heterocycles. The second kappa shape index (κ2) is 6.09. The van der Waals surface area contributed by atoms with Crippen LogP contribution in [0.3, 0.4) is 0 Å². The van der Waals surface area contributed by atoms with Crippen molar-refractivity contribution in [2.24, 2.45) is 34.0 Å². The van der Waals surface area contributed by atoms with Crippen LogP contribution < -0.4 is 0 Å². The van der Waals surface area contributed by atoms with Gasteiger partial charge >= 0.3 is 5.97 Å². The molecule has 28 heavy (non-hydrogen) atoms. The van der Waals surface area contributed by atoms with Crippen molar-refractivity contribution in [1.29, 1.82) is 0 Å². The Bertz CT molecular complexity index is 699. The zero-order valence-corrected chi connectivity index (χ0v) is 18.4. The summed E-state index contributed by atoms with van der Waals surface area (Å²) in [6.45, 7) is 16.3. The maximum Gasteiger partial charge on any atom is 0.310 e. The van der Waals surface area contributed by atoms with Gasteiger partial charge < -0.3 is 4.74 Å². The van der Waals surface area contributed by atoms with Crippen molar-refractivity contribution in [2.75, 3.05) is 13.1 Å². The summed E-state index contributed by atoms with van der Waals surface area (Å²) in [6, 6.07) is 0.652. The number of nitrogens with zero attached hydrogens (tertiary/aromatic N) is 1. The molecule has 2 saturated heterocycles. The quantitative estimate of drug-likeness (QED) is 0.483. The molecule has 5 fully saturated rings. The van der Waals surface area contributed by atoms with E-state index in [0.29, 0.717) is 34.1 Å². The number of ether oxygens (including phenoxy) is 1. The van der Waals surface area contributed by atoms with Gasteiger partial charge in [-0.15, -0.1) is 0 Å². The Morgan fingerprint density at radius 1 is 1.18 bits per heavy atom. The second-order valence-corrected chi connectivity index (χ2v) is 12.5. The smallest absolute Gasteiger partial charge is 0.310 e. The van der Waals surface area contributed by atoms with Gasteiger partial charge in [0.05, 0.1) is 5.92 Å². The van der Waals surface area contributed by atoms with Gasteiger partial charge in [0.15, 0.2) is 0 Å². The van der Waals surface area contributed by atoms with E-state index in [1.54, 1.807) is 0 Å². The minimum absolute atomic E-state index is 0.0790. The van der Waals surface area contributed by atoms with Crippen LogP contribution in [0.15, 0.2) is 12.2 Å². The van der Waals surface area contributed by atoms with Crippen LogP contribution >= 0.6 is 0 Å². The highest BCUT2D eigenvalue weighted by atomic mass is 16.6. The average molecular weight is 386 g/mol. The van der Waals surface area contributed by atoms with Crippen molar-refractivity contribution in [1.82, 2.24) is 4.90 Å². The third kappa shape index (κ3) is 2.99. The van der Waals surface area contributed by atoms with E-state index < -0.39 is 0 Å². The summed E-state index contributed by atoms with van der Waals surface area (Å²) in [6.07, 6.45) is 9.93. The van der Waals surface area contributed by atoms with Crippen LogP contribution in [0.5, 0.6) is 0 Å². The third-order valence-corrected chi connectivity index (χ3v) is 9.27. The lowest BCUT2D eigenvalue weighted by atomic mass is 9.55. The largest absolute Gasteiger partial charge is 0.462 e. The van der Waals surface area contributed by atoms with Crippen molar-refractivity contribution < 1.29 is 9.53 Å². The SMILES string of the molecule is C=C1CCC[C@@]2(C)C[C@@H]3OC(=O)[C@@H](CN4C[C@]5(C)C[C@H]4CC(C)(C)C5)[C@H]3C[C@H]12. The highest BCUT2D eigenvalue weighted by molar-refractivity contribution is 5.75. The summed E-state index contributed by atoms with van der Waals surface area (Å²) >= 11 is 0. The molecule has 0 aromatic carbocycles. The van der Waals surface area contributed by atoms with Gasteiger partial charge in [-0.3, -0.25) is 9.69 Å². The normalized spacial score (nSPS) is 50.2. The number of allylic oxidation sites excluding steroid dienone is 1. The molecule has 5 aliphatic rings. The zero-order valence-electron chi connectivity index (χ0n) is 18.4. The second-order valence-electron chi connectivity index (χ2n) is 12.5. The summed E-state index contributed by atoms with van der Waals surface area (Å²) < 4.78 is 6.02. The molecule has 156 valence electrons. The number of esters is 1. The highest BCUT2D eigenvalue weighted by Gasteiger charge is 2.57. The summed E-state index contributed by atoms with van der Waals surface area (Å²) in [5.41, 5.74) is 2.60. The number of hydrogen-bond acceptors (Lipinski definition) is 3. The number of fused-ring (bicyclic) bond motifs is 4. The average Bonchev–Trinajstić information content (AvgIpc) is 2.97. The van der Waals surface area contributed by atoms with Crippen molar-refractivity contribution >= 4 is 5.97 Å². The minimum Gasteiger partial charge on any atom is -0.462 e. The predicted octanol–water partition coefficient (Wildman–Crippen LogP) is 5.20. The molecule has 7 atom stereocenters. The molecular formula is C25H39NO2. The van der Waals surface area contributed by atoms with Crippen LogP contribution in [-0.2, 0) is 9.53 Å². The van der Waals surface area contributed by atoms with E-state index in [4.69, 9.17) is 4.74 Å². The Morgan fingerprint density at radius 2 is 1.96 bits per heavy atom. The van der Waals surface area contributed by atoms with Crippen molar-refractivity contribution in [2.45, 2.75) is 91.2 Å². The van der Waals surface area contributed by atoms with Gasteiger partial charge in [0.1, 0.15) is 6.10 Å². The standard InChI is InChI=1S/C25H39NO2/c1-16-7-6-8-25(5)12-21-18(9-20(16)25)19(22(27)28-21)13-26-15-24(4)11-17(26)10-23(2,3)14-24/h17-21H,1,6-15H2,2-5H3/t17-,18-,19+,20-,21+,24-,25+/m1/s1. The molecule has 0 radical (unpaired) electrons. The van der Waals surface area contributed by atoms with E-state index in [9.17, 15) is 4.79 Å². The van der Waals surface area contributed by atoms with Crippen LogP contribution in [0.1, 0.15) is 79.1 Å². The fourth-order valence-electron chi connectivity index (χ4n) is 8.51. The molecule has 0 unspecified atom stereocenters. The molecule has 3 saturated carbocycles. The predicted molar refractivity (Wildman–Crippen MR) is 112 cm³/mol. The molecule has 0 aromatic rings. The highest BCUT2D eigenvalue weighted by Crippen LogP contribution is 2.58. The van der Waals surface area contributed by atoms with Crippen molar-refractivity contribution in [3.63, 3.8) is 0 Å². The molecule has 3 heteroatoms. The van der Waals surface area contributed by atoms with E-state index in [-0.39, 0.29) is 18.0 Å². The third-order valence-electron chi connectivity index (χ3n) is 9.27. The molecule has 2 heterocycles. The van der Waals surface area contributed by atoms with Gasteiger partial charge in [-0.25, -0.2) is 0 Å². The molecule has 3 nitrogen and oxygen atoms in total. The first kappa shape index (κ1) is 19.2. The van der Waals surface area contributed by atoms with Gasteiger partial charge in [0, 0.05) is 25.0 Å². The Labute approximate surface area is 171 Å². The molecule has 0 spiro atoms. The molecular weight excluding hydrogens is 346 g/mol. The van der Waals surface area contributed by atoms with Crippen LogP contribution in [-0.4, -0.2) is 36.1 Å². The molecule has 0 aromatic heterocycles. The van der Waals surface area contributed by atoms with Crippen LogP contribution in [0, 0.1) is 34.0 Å². The maximum absolute atomic E-state index is 12.9. The summed E-state index contributed by atoms with van der Waals surface area (Å²) in [4.78, 5) is 15.6. The number of likely N-dealkylation sites (tertiary alicyclic amines) is 1. The fraction of sp³-hybridized carbons (Fsp3) is 0.880. The van der Waals surface area contributed by atoms with Gasteiger partial charge in [-0.1, -0.05) is 39.8 Å². The Balaban J connectivity index is 1.34. The van der Waals surface area contributed by atoms with Crippen LogP contribution in [0.25, 0.3) is 0 Å². The van der Waals surface area contributed by atoms with Crippen molar-refractivity contribution in [3.8, 4) is 0 Å². The fourth-order valence-corrected chi connectivity index (χ4v) is 8.51. The first-order valence-corrected chi connectivity index (χ1v) is 11.7. The van der Waals surface area contributed by atoms with Gasteiger partial charge in [-0.2, -0.15) is 0 Å². The van der Waals surface area contributed by atoms with E-state index in [1.165, 1.54) is 44.1 Å². The first-order valence-electron chi connectivity index (χ1n) is 11.7. The van der Waals surface area contributed by atoms with E-state index in [1.807, 2.05) is 0 Å². The minimum atomic E-state index is 0.0790.